The molecular formula is C15H21N3O7. The Bertz CT molecular complexity index is 578. The Hall–Kier alpha value is -3.04. The molecule has 0 bridgehead atoms. The van der Waals surface area contributed by atoms with Crippen molar-refractivity contribution >= 4 is 35.5 Å². The monoisotopic (exact) mass is 355 g/mol. The molecule has 2 aliphatic heterocycles. The average Bonchev–Trinajstić information content (AvgIpc) is 3.01. The van der Waals surface area contributed by atoms with Crippen LogP contribution in [-0.4, -0.2) is 59.1 Å². The molecule has 25 heavy (non-hydrogen) atoms. The molecule has 10 nitrogen and oxygen atoms in total. The van der Waals surface area contributed by atoms with E-state index in [1.807, 2.05) is 0 Å². The molecule has 2 aliphatic rings. The number of hydrogen-bond donors (Lipinski definition) is 1. The van der Waals surface area contributed by atoms with E-state index in [1.54, 1.807) is 0 Å². The van der Waals surface area contributed by atoms with Crippen LogP contribution in [0.3, 0.4) is 0 Å². The topological polar surface area (TPSA) is 130 Å². The van der Waals surface area contributed by atoms with Crippen molar-refractivity contribution in [2.45, 2.75) is 33.6 Å². The van der Waals surface area contributed by atoms with E-state index in [1.165, 1.54) is 19.2 Å². The average molecular weight is 355 g/mol. The van der Waals surface area contributed by atoms with Crippen molar-refractivity contribution in [3.63, 3.8) is 0 Å². The summed E-state index contributed by atoms with van der Waals surface area (Å²) in [5, 5.41) is 2.93. The Labute approximate surface area is 144 Å². The molecule has 0 atom stereocenters. The molecular weight excluding hydrogens is 334 g/mol. The first-order chi connectivity index (χ1) is 11.3. The minimum absolute atomic E-state index is 0. The molecule has 0 unspecified atom stereocenters. The second kappa shape index (κ2) is 9.96. The summed E-state index contributed by atoms with van der Waals surface area (Å²) in [6.45, 7) is 1.28. The van der Waals surface area contributed by atoms with Crippen molar-refractivity contribution < 1.29 is 33.6 Å². The standard InChI is InChI=1S/C8H10N2O3.C6H7NO4.CH4/c1-9-6(11)4-5-10-7(12)2-3-8(10)13;1-4(8)11-7-5(9)2-3-6(7)10;/h2-3H,4-5H2,1H3,(H,9,11);2-3H2,1H3;1H4. The van der Waals surface area contributed by atoms with Crippen molar-refractivity contribution in [3.8, 4) is 0 Å². The minimum atomic E-state index is -0.659. The second-order valence-corrected chi connectivity index (χ2v) is 4.75. The molecule has 0 aromatic rings. The van der Waals surface area contributed by atoms with Crippen molar-refractivity contribution in [3.05, 3.63) is 12.2 Å². The second-order valence-electron chi connectivity index (χ2n) is 4.75. The van der Waals surface area contributed by atoms with Gasteiger partial charge in [-0.1, -0.05) is 7.43 Å². The molecule has 0 aromatic heterocycles. The molecule has 1 N–H and O–H groups in total. The number of hydroxylamine groups is 2. The molecule has 2 heterocycles. The first kappa shape index (κ1) is 22.0. The van der Waals surface area contributed by atoms with Crippen LogP contribution in [-0.2, 0) is 33.6 Å². The van der Waals surface area contributed by atoms with Crippen LogP contribution < -0.4 is 5.32 Å². The lowest BCUT2D eigenvalue weighted by Gasteiger charge is -2.12. The third-order valence-corrected chi connectivity index (χ3v) is 2.97. The van der Waals surface area contributed by atoms with Crippen LogP contribution in [0, 0.1) is 0 Å². The first-order valence-corrected chi connectivity index (χ1v) is 7.04. The number of nitrogens with zero attached hydrogens (tertiary/aromatic N) is 2. The van der Waals surface area contributed by atoms with Gasteiger partial charge in [0.2, 0.25) is 5.91 Å². The maximum Gasteiger partial charge on any atom is 0.330 e. The number of hydrogen-bond acceptors (Lipinski definition) is 7. The Balaban J connectivity index is 0.000000449. The van der Waals surface area contributed by atoms with Crippen LogP contribution in [0.5, 0.6) is 0 Å². The molecule has 0 aliphatic carbocycles. The van der Waals surface area contributed by atoms with E-state index in [2.05, 4.69) is 10.2 Å². The van der Waals surface area contributed by atoms with Gasteiger partial charge in [0.1, 0.15) is 0 Å². The maximum atomic E-state index is 11.0. The largest absolute Gasteiger partial charge is 0.359 e. The molecule has 1 fully saturated rings. The zero-order valence-corrected chi connectivity index (χ0v) is 13.2. The number of carbonyl (C=O) groups is 6. The fraction of sp³-hybridized carbons (Fsp3) is 0.467. The lowest BCUT2D eigenvalue weighted by molar-refractivity contribution is -0.195. The van der Waals surface area contributed by atoms with E-state index >= 15 is 0 Å². The van der Waals surface area contributed by atoms with E-state index in [0.717, 1.165) is 11.8 Å². The van der Waals surface area contributed by atoms with Gasteiger partial charge < -0.3 is 10.2 Å². The third kappa shape index (κ3) is 6.53. The quantitative estimate of drug-likeness (QED) is 0.660. The van der Waals surface area contributed by atoms with Gasteiger partial charge in [0.15, 0.2) is 0 Å². The van der Waals surface area contributed by atoms with Gasteiger partial charge in [0, 0.05) is 51.9 Å². The molecule has 5 amide bonds. The van der Waals surface area contributed by atoms with Gasteiger partial charge in [-0.05, 0) is 0 Å². The summed E-state index contributed by atoms with van der Waals surface area (Å²) >= 11 is 0. The smallest absolute Gasteiger partial charge is 0.330 e. The van der Waals surface area contributed by atoms with Crippen molar-refractivity contribution in [2.24, 2.45) is 0 Å². The third-order valence-electron chi connectivity index (χ3n) is 2.97. The van der Waals surface area contributed by atoms with Gasteiger partial charge in [-0.15, -0.1) is 5.06 Å². The van der Waals surface area contributed by atoms with Crippen molar-refractivity contribution in [1.82, 2.24) is 15.3 Å². The van der Waals surface area contributed by atoms with Gasteiger partial charge in [-0.25, -0.2) is 4.79 Å². The van der Waals surface area contributed by atoms with Crippen LogP contribution in [0.15, 0.2) is 12.2 Å². The summed E-state index contributed by atoms with van der Waals surface area (Å²) in [6, 6.07) is 0. The number of amides is 5. The number of nitrogens with one attached hydrogen (secondary N) is 1. The molecule has 10 heteroatoms. The van der Waals surface area contributed by atoms with Crippen LogP contribution in [0.4, 0.5) is 0 Å². The summed E-state index contributed by atoms with van der Waals surface area (Å²) in [5.41, 5.74) is 0. The highest BCUT2D eigenvalue weighted by molar-refractivity contribution is 6.13. The van der Waals surface area contributed by atoms with Crippen LogP contribution >= 0.6 is 0 Å². The molecule has 0 spiro atoms. The fourth-order valence-corrected chi connectivity index (χ4v) is 1.78. The Morgan fingerprint density at radius 3 is 1.96 bits per heavy atom. The summed E-state index contributed by atoms with van der Waals surface area (Å²) in [4.78, 5) is 69.9. The highest BCUT2D eigenvalue weighted by Gasteiger charge is 2.31. The lowest BCUT2D eigenvalue weighted by Crippen LogP contribution is -2.33. The molecule has 2 rings (SSSR count). The number of carbonyl (C=O) groups excluding carboxylic acids is 6. The molecule has 0 aromatic carbocycles. The summed E-state index contributed by atoms with van der Waals surface area (Å²) in [6.07, 6.45) is 2.81. The van der Waals surface area contributed by atoms with Gasteiger partial charge in [0.05, 0.1) is 0 Å². The Kier molecular flexibility index (Phi) is 8.75. The van der Waals surface area contributed by atoms with E-state index in [4.69, 9.17) is 0 Å². The SMILES string of the molecule is C.CC(=O)ON1C(=O)CCC1=O.CNC(=O)CCN1C(=O)C=CC1=O. The Morgan fingerprint density at radius 2 is 1.56 bits per heavy atom. The molecule has 138 valence electrons. The van der Waals surface area contributed by atoms with Crippen molar-refractivity contribution in [2.75, 3.05) is 13.6 Å². The normalized spacial score (nSPS) is 15.6. The van der Waals surface area contributed by atoms with Gasteiger partial charge in [-0.2, -0.15) is 0 Å². The first-order valence-electron chi connectivity index (χ1n) is 7.04. The van der Waals surface area contributed by atoms with Gasteiger partial charge in [-0.3, -0.25) is 28.9 Å². The van der Waals surface area contributed by atoms with E-state index in [9.17, 15) is 28.8 Å². The van der Waals surface area contributed by atoms with Crippen molar-refractivity contribution in [1.29, 1.82) is 0 Å². The maximum absolute atomic E-state index is 11.0. The molecule has 0 saturated carbocycles. The molecule has 1 saturated heterocycles. The zero-order valence-electron chi connectivity index (χ0n) is 13.2. The highest BCUT2D eigenvalue weighted by Crippen LogP contribution is 2.11. The van der Waals surface area contributed by atoms with Gasteiger partial charge in [0.25, 0.3) is 23.6 Å². The summed E-state index contributed by atoms with van der Waals surface area (Å²) in [5.74, 6) is -2.46. The van der Waals surface area contributed by atoms with E-state index in [-0.39, 0.29) is 51.0 Å². The fourth-order valence-electron chi connectivity index (χ4n) is 1.78. The number of imide groups is 2. The van der Waals surface area contributed by atoms with Crippen LogP contribution in [0.2, 0.25) is 0 Å². The predicted octanol–water partition coefficient (Wildman–Crippen LogP) is -0.703. The zero-order chi connectivity index (χ0) is 18.3. The summed E-state index contributed by atoms with van der Waals surface area (Å²) < 4.78 is 0. The minimum Gasteiger partial charge on any atom is -0.359 e. The lowest BCUT2D eigenvalue weighted by atomic mass is 10.3. The van der Waals surface area contributed by atoms with E-state index in [0.29, 0.717) is 5.06 Å². The highest BCUT2D eigenvalue weighted by atomic mass is 16.7. The van der Waals surface area contributed by atoms with Crippen LogP contribution in [0.1, 0.15) is 33.6 Å². The Morgan fingerprint density at radius 1 is 1.08 bits per heavy atom. The number of rotatable bonds is 4. The predicted molar refractivity (Wildman–Crippen MR) is 84.1 cm³/mol. The molecule has 0 radical (unpaired) electrons. The summed E-state index contributed by atoms with van der Waals surface area (Å²) in [7, 11) is 1.51. The van der Waals surface area contributed by atoms with Crippen LogP contribution in [0.25, 0.3) is 0 Å². The van der Waals surface area contributed by atoms with Gasteiger partial charge >= 0.3 is 5.97 Å². The van der Waals surface area contributed by atoms with E-state index < -0.39 is 17.8 Å².